The number of benzene rings is 2. The summed E-state index contributed by atoms with van der Waals surface area (Å²) in [4.78, 5) is 37.0. The van der Waals surface area contributed by atoms with Crippen molar-refractivity contribution in [3.8, 4) is 5.75 Å². The Labute approximate surface area is 230 Å². The summed E-state index contributed by atoms with van der Waals surface area (Å²) in [5.74, 6) is 2.07. The van der Waals surface area contributed by atoms with Crippen LogP contribution in [0.2, 0.25) is 0 Å². The number of aryl methyl sites for hydroxylation is 1. The quantitative estimate of drug-likeness (QED) is 0.464. The molecular formula is C31H39N5O3. The molecule has 5 rings (SSSR count). The van der Waals surface area contributed by atoms with E-state index in [0.29, 0.717) is 39.2 Å². The topological polar surface area (TPSA) is 96.5 Å². The number of hydrogen-bond donors (Lipinski definition) is 2. The average Bonchev–Trinajstić information content (AvgIpc) is 2.99. The van der Waals surface area contributed by atoms with Gasteiger partial charge in [0.2, 0.25) is 11.8 Å². The minimum atomic E-state index is -0.388. The number of fused-ring (bicyclic) bond motifs is 2. The second-order valence-corrected chi connectivity index (χ2v) is 10.7. The van der Waals surface area contributed by atoms with Gasteiger partial charge in [-0.15, -0.1) is 0 Å². The van der Waals surface area contributed by atoms with E-state index in [9.17, 15) is 9.59 Å². The standard InChI is InChI=1S/C31H39N5O3/c37-28(14-7-18-32-29-25-11-2-3-12-26(25)34-23-35-29)36-20-16-31(17-21-36)15-6-5-10-24-9-1-4-13-27(24)39-22-8-19-33-30(31)38/h1-4,9,11-13,23H,5-8,10,14-22H2,(H,33,38)(H,32,34,35). The van der Waals surface area contributed by atoms with E-state index in [2.05, 4.69) is 32.7 Å². The predicted octanol–water partition coefficient (Wildman–Crippen LogP) is 4.74. The lowest BCUT2D eigenvalue weighted by atomic mass is 9.73. The second-order valence-electron chi connectivity index (χ2n) is 10.7. The van der Waals surface area contributed by atoms with Crippen LogP contribution < -0.4 is 15.4 Å². The Morgan fingerprint density at radius 2 is 1.82 bits per heavy atom. The number of para-hydroxylation sites is 2. The van der Waals surface area contributed by atoms with Gasteiger partial charge in [0.1, 0.15) is 17.9 Å². The molecule has 0 radical (unpaired) electrons. The van der Waals surface area contributed by atoms with Crippen molar-refractivity contribution < 1.29 is 14.3 Å². The fourth-order valence-corrected chi connectivity index (χ4v) is 5.80. The highest BCUT2D eigenvalue weighted by Crippen LogP contribution is 2.38. The summed E-state index contributed by atoms with van der Waals surface area (Å²) < 4.78 is 5.99. The van der Waals surface area contributed by atoms with E-state index in [1.165, 1.54) is 5.56 Å². The Hall–Kier alpha value is -3.68. The maximum absolute atomic E-state index is 13.4. The van der Waals surface area contributed by atoms with Crippen LogP contribution >= 0.6 is 0 Å². The fourth-order valence-electron chi connectivity index (χ4n) is 5.80. The monoisotopic (exact) mass is 529 g/mol. The number of nitrogens with zero attached hydrogens (tertiary/aromatic N) is 3. The van der Waals surface area contributed by atoms with Crippen LogP contribution in [-0.4, -0.2) is 59.5 Å². The fraction of sp³-hybridized carbons (Fsp3) is 0.484. The molecule has 2 amide bonds. The molecule has 8 heteroatoms. The Bertz CT molecular complexity index is 1270. The number of nitrogens with one attached hydrogen (secondary N) is 2. The molecule has 1 fully saturated rings. The molecule has 39 heavy (non-hydrogen) atoms. The van der Waals surface area contributed by atoms with Gasteiger partial charge < -0.3 is 20.3 Å². The zero-order valence-corrected chi connectivity index (χ0v) is 22.7. The van der Waals surface area contributed by atoms with E-state index in [1.54, 1.807) is 6.33 Å². The predicted molar refractivity (Wildman–Crippen MR) is 153 cm³/mol. The molecule has 0 unspecified atom stereocenters. The van der Waals surface area contributed by atoms with E-state index in [4.69, 9.17) is 4.74 Å². The van der Waals surface area contributed by atoms with Crippen molar-refractivity contribution in [1.82, 2.24) is 20.2 Å². The molecule has 8 nitrogen and oxygen atoms in total. The van der Waals surface area contributed by atoms with Crippen LogP contribution in [0, 0.1) is 5.41 Å². The number of rotatable bonds is 5. The van der Waals surface area contributed by atoms with E-state index in [-0.39, 0.29) is 17.2 Å². The summed E-state index contributed by atoms with van der Waals surface area (Å²) in [6, 6.07) is 16.2. The number of amides is 2. The summed E-state index contributed by atoms with van der Waals surface area (Å²) in [6.45, 7) is 3.15. The van der Waals surface area contributed by atoms with E-state index in [0.717, 1.165) is 73.8 Å². The van der Waals surface area contributed by atoms with Crippen LogP contribution in [0.15, 0.2) is 54.9 Å². The molecule has 1 aromatic heterocycles. The average molecular weight is 530 g/mol. The second kappa shape index (κ2) is 12.9. The number of anilines is 1. The lowest BCUT2D eigenvalue weighted by Crippen LogP contribution is -2.50. The van der Waals surface area contributed by atoms with Crippen molar-refractivity contribution in [1.29, 1.82) is 0 Å². The highest BCUT2D eigenvalue weighted by Gasteiger charge is 2.41. The molecule has 3 aromatic rings. The number of carbonyl (C=O) groups is 2. The molecule has 2 aliphatic rings. The van der Waals surface area contributed by atoms with Crippen LogP contribution in [0.3, 0.4) is 0 Å². The molecule has 0 atom stereocenters. The van der Waals surface area contributed by atoms with Crippen molar-refractivity contribution in [3.05, 3.63) is 60.4 Å². The molecule has 2 aromatic carbocycles. The number of hydrogen-bond acceptors (Lipinski definition) is 6. The number of carbonyl (C=O) groups excluding carboxylic acids is 2. The van der Waals surface area contributed by atoms with Gasteiger partial charge in [-0.3, -0.25) is 9.59 Å². The normalized spacial score (nSPS) is 18.2. The van der Waals surface area contributed by atoms with Crippen LogP contribution in [0.4, 0.5) is 5.82 Å². The van der Waals surface area contributed by atoms with Crippen LogP contribution in [-0.2, 0) is 16.0 Å². The first-order valence-electron chi connectivity index (χ1n) is 14.4. The van der Waals surface area contributed by atoms with Crippen LogP contribution in [0.5, 0.6) is 5.75 Å². The van der Waals surface area contributed by atoms with Gasteiger partial charge in [0.15, 0.2) is 0 Å². The van der Waals surface area contributed by atoms with Crippen LogP contribution in [0.1, 0.15) is 56.9 Å². The molecule has 0 bridgehead atoms. The first-order valence-corrected chi connectivity index (χ1v) is 14.4. The van der Waals surface area contributed by atoms with Crippen molar-refractivity contribution in [2.75, 3.05) is 38.1 Å². The maximum atomic E-state index is 13.4. The molecule has 1 spiro atoms. The van der Waals surface area contributed by atoms with E-state index in [1.807, 2.05) is 41.3 Å². The van der Waals surface area contributed by atoms with Gasteiger partial charge in [0.05, 0.1) is 17.5 Å². The molecule has 1 saturated heterocycles. The molecular weight excluding hydrogens is 490 g/mol. The Morgan fingerprint density at radius 3 is 2.72 bits per heavy atom. The van der Waals surface area contributed by atoms with Gasteiger partial charge in [-0.2, -0.15) is 0 Å². The first-order chi connectivity index (χ1) is 19.1. The number of piperidine rings is 1. The van der Waals surface area contributed by atoms with Gasteiger partial charge >= 0.3 is 0 Å². The van der Waals surface area contributed by atoms with Crippen molar-refractivity contribution >= 4 is 28.5 Å². The third kappa shape index (κ3) is 6.67. The third-order valence-electron chi connectivity index (χ3n) is 8.15. The Morgan fingerprint density at radius 1 is 1.00 bits per heavy atom. The summed E-state index contributed by atoms with van der Waals surface area (Å²) in [6.07, 6.45) is 8.82. The third-order valence-corrected chi connectivity index (χ3v) is 8.15. The zero-order valence-electron chi connectivity index (χ0n) is 22.7. The molecule has 0 saturated carbocycles. The largest absolute Gasteiger partial charge is 0.493 e. The highest BCUT2D eigenvalue weighted by atomic mass is 16.5. The summed E-state index contributed by atoms with van der Waals surface area (Å²) in [5, 5.41) is 7.52. The first kappa shape index (κ1) is 26.9. The smallest absolute Gasteiger partial charge is 0.226 e. The lowest BCUT2D eigenvalue weighted by Gasteiger charge is -2.41. The molecule has 206 valence electrons. The lowest BCUT2D eigenvalue weighted by molar-refractivity contribution is -0.141. The molecule has 3 heterocycles. The minimum Gasteiger partial charge on any atom is -0.493 e. The summed E-state index contributed by atoms with van der Waals surface area (Å²) >= 11 is 0. The van der Waals surface area contributed by atoms with E-state index >= 15 is 0 Å². The maximum Gasteiger partial charge on any atom is 0.226 e. The number of aromatic nitrogens is 2. The Kier molecular flexibility index (Phi) is 8.91. The Balaban J connectivity index is 1.11. The van der Waals surface area contributed by atoms with Gasteiger partial charge in [0.25, 0.3) is 0 Å². The highest BCUT2D eigenvalue weighted by molar-refractivity contribution is 5.88. The molecule has 2 N–H and O–H groups in total. The number of likely N-dealkylation sites (tertiary alicyclic amines) is 1. The molecule has 2 aliphatic heterocycles. The van der Waals surface area contributed by atoms with E-state index < -0.39 is 0 Å². The van der Waals surface area contributed by atoms with Crippen molar-refractivity contribution in [3.63, 3.8) is 0 Å². The molecule has 0 aliphatic carbocycles. The summed E-state index contributed by atoms with van der Waals surface area (Å²) in [5.41, 5.74) is 1.76. The van der Waals surface area contributed by atoms with Gasteiger partial charge in [-0.1, -0.05) is 36.8 Å². The van der Waals surface area contributed by atoms with Crippen LogP contribution in [0.25, 0.3) is 10.9 Å². The van der Waals surface area contributed by atoms with Crippen molar-refractivity contribution in [2.45, 2.75) is 57.8 Å². The van der Waals surface area contributed by atoms with Gasteiger partial charge in [-0.05, 0) is 68.7 Å². The zero-order chi connectivity index (χ0) is 26.9. The summed E-state index contributed by atoms with van der Waals surface area (Å²) in [7, 11) is 0. The number of ether oxygens (including phenoxy) is 1. The van der Waals surface area contributed by atoms with Gasteiger partial charge in [-0.25, -0.2) is 9.97 Å². The van der Waals surface area contributed by atoms with Crippen molar-refractivity contribution in [2.24, 2.45) is 5.41 Å². The van der Waals surface area contributed by atoms with Gasteiger partial charge in [0, 0.05) is 38.0 Å². The SMILES string of the molecule is O=C(CCCNc1ncnc2ccccc12)N1CCC2(CCCCc3ccccc3OCCCNC2=O)CC1. The minimum absolute atomic E-state index is 0.146.